The maximum absolute atomic E-state index is 12.5. The Morgan fingerprint density at radius 3 is 2.74 bits per heavy atom. The second kappa shape index (κ2) is 6.57. The molecule has 0 saturated heterocycles. The summed E-state index contributed by atoms with van der Waals surface area (Å²) in [7, 11) is 0. The quantitative estimate of drug-likeness (QED) is 0.937. The summed E-state index contributed by atoms with van der Waals surface area (Å²) in [4.78, 5) is 24.7. The number of fused-ring (bicyclic) bond motifs is 1. The van der Waals surface area contributed by atoms with E-state index < -0.39 is 0 Å². The van der Waals surface area contributed by atoms with Gasteiger partial charge in [0, 0.05) is 12.1 Å². The van der Waals surface area contributed by atoms with Gasteiger partial charge in [-0.3, -0.25) is 9.59 Å². The molecule has 122 valence electrons. The zero-order valence-corrected chi connectivity index (χ0v) is 13.7. The number of carbonyl (C=O) groups excluding carboxylic acids is 1. The normalized spacial score (nSPS) is 17.1. The van der Waals surface area contributed by atoms with Crippen LogP contribution in [0.25, 0.3) is 11.0 Å². The zero-order valence-electron chi connectivity index (χ0n) is 13.7. The zero-order chi connectivity index (χ0) is 16.4. The Labute approximate surface area is 135 Å². The molecule has 1 aromatic carbocycles. The lowest BCUT2D eigenvalue weighted by molar-refractivity contribution is 0.0891. The molecule has 1 saturated carbocycles. The summed E-state index contributed by atoms with van der Waals surface area (Å²) in [5.41, 5.74) is 1.18. The van der Waals surface area contributed by atoms with Gasteiger partial charge in [-0.1, -0.05) is 31.4 Å². The average molecular weight is 313 g/mol. The average Bonchev–Trinajstić information content (AvgIpc) is 2.56. The fourth-order valence-electron chi connectivity index (χ4n) is 3.46. The van der Waals surface area contributed by atoms with Gasteiger partial charge in [-0.05, 0) is 44.2 Å². The van der Waals surface area contributed by atoms with E-state index in [9.17, 15) is 9.59 Å². The van der Waals surface area contributed by atoms with Crippen molar-refractivity contribution in [3.8, 4) is 0 Å². The first kappa shape index (κ1) is 15.8. The lowest BCUT2D eigenvalue weighted by atomic mass is 9.84. The van der Waals surface area contributed by atoms with Crippen LogP contribution < -0.4 is 10.7 Å². The molecule has 1 fully saturated rings. The van der Waals surface area contributed by atoms with Gasteiger partial charge in [-0.25, -0.2) is 0 Å². The minimum atomic E-state index is -0.301. The van der Waals surface area contributed by atoms with E-state index in [0.717, 1.165) is 18.4 Å². The largest absolute Gasteiger partial charge is 0.450 e. The van der Waals surface area contributed by atoms with Gasteiger partial charge in [0.2, 0.25) is 0 Å². The Kier molecular flexibility index (Phi) is 4.51. The van der Waals surface area contributed by atoms with E-state index >= 15 is 0 Å². The second-order valence-electron chi connectivity index (χ2n) is 6.59. The van der Waals surface area contributed by atoms with Crippen molar-refractivity contribution < 1.29 is 9.21 Å². The van der Waals surface area contributed by atoms with Crippen molar-refractivity contribution in [2.24, 2.45) is 5.92 Å². The number of hydrogen-bond donors (Lipinski definition) is 1. The summed E-state index contributed by atoms with van der Waals surface area (Å²) in [5, 5.41) is 3.52. The number of amides is 1. The summed E-state index contributed by atoms with van der Waals surface area (Å²) >= 11 is 0. The minimum absolute atomic E-state index is 0.0967. The SMILES string of the molecule is Cc1cccc2c(=O)cc(C(=O)N[C@@H](C)C3CCCCC3)oc12. The van der Waals surface area contributed by atoms with Crippen LogP contribution in [0, 0.1) is 12.8 Å². The molecule has 1 atom stereocenters. The molecule has 0 unspecified atom stereocenters. The topological polar surface area (TPSA) is 59.3 Å². The summed E-state index contributed by atoms with van der Waals surface area (Å²) in [5.74, 6) is 0.311. The van der Waals surface area contributed by atoms with Gasteiger partial charge in [0.15, 0.2) is 11.2 Å². The smallest absolute Gasteiger partial charge is 0.287 e. The molecule has 0 bridgehead atoms. The summed E-state index contributed by atoms with van der Waals surface area (Å²) in [6, 6.07) is 6.81. The first-order valence-electron chi connectivity index (χ1n) is 8.40. The van der Waals surface area contributed by atoms with Gasteiger partial charge in [0.1, 0.15) is 5.58 Å². The summed E-state index contributed by atoms with van der Waals surface area (Å²) in [6.45, 7) is 3.91. The monoisotopic (exact) mass is 313 g/mol. The first-order valence-corrected chi connectivity index (χ1v) is 8.40. The highest BCUT2D eigenvalue weighted by molar-refractivity contribution is 5.93. The third-order valence-corrected chi connectivity index (χ3v) is 4.89. The van der Waals surface area contributed by atoms with E-state index in [2.05, 4.69) is 5.32 Å². The first-order chi connectivity index (χ1) is 11.1. The number of nitrogens with one attached hydrogen (secondary N) is 1. The van der Waals surface area contributed by atoms with E-state index in [1.807, 2.05) is 26.0 Å². The molecule has 23 heavy (non-hydrogen) atoms. The Balaban J connectivity index is 1.83. The van der Waals surface area contributed by atoms with Gasteiger partial charge in [-0.15, -0.1) is 0 Å². The number of hydrogen-bond acceptors (Lipinski definition) is 3. The van der Waals surface area contributed by atoms with Crippen LogP contribution in [0.4, 0.5) is 0 Å². The van der Waals surface area contributed by atoms with Crippen molar-refractivity contribution in [3.05, 3.63) is 45.8 Å². The molecule has 1 N–H and O–H groups in total. The van der Waals surface area contributed by atoms with Crippen molar-refractivity contribution in [2.45, 2.75) is 52.0 Å². The van der Waals surface area contributed by atoms with Gasteiger partial charge >= 0.3 is 0 Å². The van der Waals surface area contributed by atoms with Crippen LogP contribution in [0.15, 0.2) is 33.5 Å². The van der Waals surface area contributed by atoms with Crippen molar-refractivity contribution in [2.75, 3.05) is 0 Å². The van der Waals surface area contributed by atoms with Crippen molar-refractivity contribution in [3.63, 3.8) is 0 Å². The molecule has 1 aromatic heterocycles. The molecular formula is C19H23NO3. The lowest BCUT2D eigenvalue weighted by Gasteiger charge is -2.28. The Hall–Kier alpha value is -2.10. The van der Waals surface area contributed by atoms with Crippen LogP contribution in [0.5, 0.6) is 0 Å². The van der Waals surface area contributed by atoms with Crippen LogP contribution in [0.2, 0.25) is 0 Å². The number of rotatable bonds is 3. The molecule has 1 heterocycles. The molecule has 4 nitrogen and oxygen atoms in total. The molecule has 2 aromatic rings. The number of para-hydroxylation sites is 1. The molecule has 3 rings (SSSR count). The predicted molar refractivity (Wildman–Crippen MR) is 90.7 cm³/mol. The van der Waals surface area contributed by atoms with Crippen LogP contribution in [0.1, 0.15) is 55.1 Å². The number of aryl methyl sites for hydroxylation is 1. The standard InChI is InChI=1S/C19H23NO3/c1-12-7-6-10-15-16(21)11-17(23-18(12)15)19(22)20-13(2)14-8-4-3-5-9-14/h6-7,10-11,13-14H,3-5,8-9H2,1-2H3,(H,20,22)/t13-/m0/s1. The molecular weight excluding hydrogens is 290 g/mol. The summed E-state index contributed by atoms with van der Waals surface area (Å²) < 4.78 is 5.71. The fourth-order valence-corrected chi connectivity index (χ4v) is 3.46. The van der Waals surface area contributed by atoms with E-state index in [1.54, 1.807) is 6.07 Å². The van der Waals surface area contributed by atoms with Gasteiger partial charge in [-0.2, -0.15) is 0 Å². The van der Waals surface area contributed by atoms with Gasteiger partial charge < -0.3 is 9.73 Å². The highest BCUT2D eigenvalue weighted by Gasteiger charge is 2.23. The van der Waals surface area contributed by atoms with Crippen molar-refractivity contribution >= 4 is 16.9 Å². The Morgan fingerprint density at radius 2 is 2.00 bits per heavy atom. The van der Waals surface area contributed by atoms with Crippen molar-refractivity contribution in [1.29, 1.82) is 0 Å². The van der Waals surface area contributed by atoms with E-state index in [1.165, 1.54) is 25.3 Å². The van der Waals surface area contributed by atoms with Crippen LogP contribution in [-0.2, 0) is 0 Å². The molecule has 4 heteroatoms. The Morgan fingerprint density at radius 1 is 1.26 bits per heavy atom. The van der Waals surface area contributed by atoms with Crippen LogP contribution in [-0.4, -0.2) is 11.9 Å². The number of carbonyl (C=O) groups is 1. The van der Waals surface area contributed by atoms with E-state index in [4.69, 9.17) is 4.42 Å². The predicted octanol–water partition coefficient (Wildman–Crippen LogP) is 3.80. The molecule has 1 aliphatic rings. The highest BCUT2D eigenvalue weighted by atomic mass is 16.3. The molecule has 0 spiro atoms. The molecule has 1 aliphatic carbocycles. The van der Waals surface area contributed by atoms with Crippen molar-refractivity contribution in [1.82, 2.24) is 5.32 Å². The molecule has 0 aliphatic heterocycles. The Bertz CT molecular complexity index is 772. The van der Waals surface area contributed by atoms with Crippen LogP contribution in [0.3, 0.4) is 0 Å². The minimum Gasteiger partial charge on any atom is -0.450 e. The third-order valence-electron chi connectivity index (χ3n) is 4.89. The fraction of sp³-hybridized carbons (Fsp3) is 0.474. The van der Waals surface area contributed by atoms with Gasteiger partial charge in [0.25, 0.3) is 5.91 Å². The summed E-state index contributed by atoms with van der Waals surface area (Å²) in [6.07, 6.45) is 6.06. The van der Waals surface area contributed by atoms with E-state index in [-0.39, 0.29) is 23.1 Å². The maximum atomic E-state index is 12.5. The van der Waals surface area contributed by atoms with Gasteiger partial charge in [0.05, 0.1) is 5.39 Å². The maximum Gasteiger partial charge on any atom is 0.287 e. The van der Waals surface area contributed by atoms with Crippen LogP contribution >= 0.6 is 0 Å². The number of benzene rings is 1. The third kappa shape index (κ3) is 3.31. The molecule has 1 amide bonds. The van der Waals surface area contributed by atoms with E-state index in [0.29, 0.717) is 16.9 Å². The lowest BCUT2D eigenvalue weighted by Crippen LogP contribution is -2.39. The second-order valence-corrected chi connectivity index (χ2v) is 6.59. The molecule has 0 radical (unpaired) electrons. The highest BCUT2D eigenvalue weighted by Crippen LogP contribution is 2.26.